The summed E-state index contributed by atoms with van der Waals surface area (Å²) in [6.45, 7) is 1.69. The van der Waals surface area contributed by atoms with Crippen LogP contribution >= 0.6 is 23.2 Å². The van der Waals surface area contributed by atoms with Crippen LogP contribution in [0.4, 0.5) is 10.1 Å². The fourth-order valence-corrected chi connectivity index (χ4v) is 1.89. The fraction of sp³-hybridized carbons (Fsp3) is 0.0769. The van der Waals surface area contributed by atoms with Gasteiger partial charge in [0, 0.05) is 5.02 Å². The molecular formula is C13H9Cl2FN2O. The monoisotopic (exact) mass is 298 g/mol. The zero-order valence-corrected chi connectivity index (χ0v) is 11.4. The molecule has 0 aliphatic carbocycles. The van der Waals surface area contributed by atoms with Gasteiger partial charge in [-0.2, -0.15) is 0 Å². The van der Waals surface area contributed by atoms with Crippen LogP contribution in [-0.4, -0.2) is 10.9 Å². The summed E-state index contributed by atoms with van der Waals surface area (Å²) in [4.78, 5) is 15.9. The summed E-state index contributed by atoms with van der Waals surface area (Å²) < 4.78 is 13.5. The van der Waals surface area contributed by atoms with Gasteiger partial charge in [-0.1, -0.05) is 23.2 Å². The molecule has 0 radical (unpaired) electrons. The lowest BCUT2D eigenvalue weighted by Crippen LogP contribution is -2.14. The SMILES string of the molecule is Cc1nc(Cl)ccc1NC(=O)c1cc(Cl)ccc1F. The number of aromatic nitrogens is 1. The Kier molecular flexibility index (Phi) is 4.02. The van der Waals surface area contributed by atoms with Crippen LogP contribution in [0.25, 0.3) is 0 Å². The zero-order valence-electron chi connectivity index (χ0n) is 9.88. The Labute approximate surface area is 119 Å². The van der Waals surface area contributed by atoms with Crippen molar-refractivity contribution in [1.82, 2.24) is 4.98 Å². The smallest absolute Gasteiger partial charge is 0.258 e. The van der Waals surface area contributed by atoms with Crippen LogP contribution in [0.3, 0.4) is 0 Å². The Bertz CT molecular complexity index is 647. The van der Waals surface area contributed by atoms with E-state index < -0.39 is 11.7 Å². The van der Waals surface area contributed by atoms with Gasteiger partial charge in [0.15, 0.2) is 0 Å². The Morgan fingerprint density at radius 3 is 2.68 bits per heavy atom. The number of halogens is 3. The summed E-state index contributed by atoms with van der Waals surface area (Å²) >= 11 is 11.5. The topological polar surface area (TPSA) is 42.0 Å². The van der Waals surface area contributed by atoms with E-state index in [2.05, 4.69) is 10.3 Å². The molecule has 1 amide bonds. The lowest BCUT2D eigenvalue weighted by molar-refractivity contribution is 0.102. The predicted molar refractivity (Wildman–Crippen MR) is 73.3 cm³/mol. The molecule has 2 rings (SSSR count). The highest BCUT2D eigenvalue weighted by molar-refractivity contribution is 6.31. The normalized spacial score (nSPS) is 10.3. The summed E-state index contributed by atoms with van der Waals surface area (Å²) in [6.07, 6.45) is 0. The molecule has 0 unspecified atom stereocenters. The van der Waals surface area contributed by atoms with Crippen LogP contribution in [0.5, 0.6) is 0 Å². The second-order valence-electron chi connectivity index (χ2n) is 3.85. The first kappa shape index (κ1) is 13.8. The van der Waals surface area contributed by atoms with E-state index in [1.165, 1.54) is 12.1 Å². The van der Waals surface area contributed by atoms with Crippen molar-refractivity contribution >= 4 is 34.8 Å². The quantitative estimate of drug-likeness (QED) is 0.849. The highest BCUT2D eigenvalue weighted by Crippen LogP contribution is 2.19. The van der Waals surface area contributed by atoms with E-state index in [4.69, 9.17) is 23.2 Å². The van der Waals surface area contributed by atoms with Crippen molar-refractivity contribution in [3.05, 3.63) is 57.6 Å². The highest BCUT2D eigenvalue weighted by atomic mass is 35.5. The van der Waals surface area contributed by atoms with Gasteiger partial charge < -0.3 is 5.32 Å². The first-order valence-electron chi connectivity index (χ1n) is 5.37. The maximum absolute atomic E-state index is 13.5. The Morgan fingerprint density at radius 1 is 1.26 bits per heavy atom. The van der Waals surface area contributed by atoms with Gasteiger partial charge in [0.05, 0.1) is 16.9 Å². The molecule has 1 aromatic carbocycles. The molecule has 0 atom stereocenters. The molecule has 2 aromatic rings. The summed E-state index contributed by atoms with van der Waals surface area (Å²) in [6, 6.07) is 6.93. The van der Waals surface area contributed by atoms with Crippen LogP contribution in [0.15, 0.2) is 30.3 Å². The van der Waals surface area contributed by atoms with Crippen molar-refractivity contribution in [3.8, 4) is 0 Å². The third kappa shape index (κ3) is 3.22. The molecule has 6 heteroatoms. The summed E-state index contributed by atoms with van der Waals surface area (Å²) in [5, 5.41) is 3.18. The number of pyridine rings is 1. The summed E-state index contributed by atoms with van der Waals surface area (Å²) in [5.74, 6) is -1.23. The van der Waals surface area contributed by atoms with Crippen molar-refractivity contribution in [2.45, 2.75) is 6.92 Å². The number of nitrogens with zero attached hydrogens (tertiary/aromatic N) is 1. The first-order chi connectivity index (χ1) is 8.97. The molecule has 0 saturated heterocycles. The molecule has 0 aliphatic rings. The molecule has 19 heavy (non-hydrogen) atoms. The largest absolute Gasteiger partial charge is 0.320 e. The van der Waals surface area contributed by atoms with Gasteiger partial charge in [-0.25, -0.2) is 9.37 Å². The average Bonchev–Trinajstić information content (AvgIpc) is 2.35. The number of rotatable bonds is 2. The van der Waals surface area contributed by atoms with Gasteiger partial charge >= 0.3 is 0 Å². The van der Waals surface area contributed by atoms with Crippen molar-refractivity contribution < 1.29 is 9.18 Å². The van der Waals surface area contributed by atoms with E-state index in [0.29, 0.717) is 16.5 Å². The van der Waals surface area contributed by atoms with Gasteiger partial charge in [0.1, 0.15) is 11.0 Å². The van der Waals surface area contributed by atoms with Crippen molar-refractivity contribution in [1.29, 1.82) is 0 Å². The second-order valence-corrected chi connectivity index (χ2v) is 4.67. The maximum Gasteiger partial charge on any atom is 0.258 e. The Balaban J connectivity index is 2.28. The minimum absolute atomic E-state index is 0.123. The minimum Gasteiger partial charge on any atom is -0.320 e. The molecule has 3 nitrogen and oxygen atoms in total. The lowest BCUT2D eigenvalue weighted by atomic mass is 10.2. The molecule has 1 heterocycles. The first-order valence-corrected chi connectivity index (χ1v) is 6.12. The summed E-state index contributed by atoms with van der Waals surface area (Å²) in [7, 11) is 0. The van der Waals surface area contributed by atoms with Crippen LogP contribution in [0.1, 0.15) is 16.1 Å². The van der Waals surface area contributed by atoms with Crippen LogP contribution in [0, 0.1) is 12.7 Å². The third-order valence-electron chi connectivity index (χ3n) is 2.47. The molecule has 0 aliphatic heterocycles. The van der Waals surface area contributed by atoms with Crippen LogP contribution in [0.2, 0.25) is 10.2 Å². The Morgan fingerprint density at radius 2 is 2.00 bits per heavy atom. The van der Waals surface area contributed by atoms with Gasteiger partial charge in [0.25, 0.3) is 5.91 Å². The van der Waals surface area contributed by atoms with E-state index in [1.54, 1.807) is 19.1 Å². The maximum atomic E-state index is 13.5. The lowest BCUT2D eigenvalue weighted by Gasteiger charge is -2.08. The number of hydrogen-bond acceptors (Lipinski definition) is 2. The van der Waals surface area contributed by atoms with Crippen LogP contribution in [-0.2, 0) is 0 Å². The number of benzene rings is 1. The number of aryl methyl sites for hydroxylation is 1. The van der Waals surface area contributed by atoms with E-state index in [9.17, 15) is 9.18 Å². The highest BCUT2D eigenvalue weighted by Gasteiger charge is 2.13. The number of anilines is 1. The third-order valence-corrected chi connectivity index (χ3v) is 2.92. The van der Waals surface area contributed by atoms with Crippen molar-refractivity contribution in [2.24, 2.45) is 0 Å². The fourth-order valence-electron chi connectivity index (χ4n) is 1.52. The summed E-state index contributed by atoms with van der Waals surface area (Å²) in [5.41, 5.74) is 0.888. The van der Waals surface area contributed by atoms with Gasteiger partial charge in [-0.05, 0) is 37.3 Å². The van der Waals surface area contributed by atoms with Gasteiger partial charge in [-0.3, -0.25) is 4.79 Å². The van der Waals surface area contributed by atoms with E-state index in [-0.39, 0.29) is 10.6 Å². The second kappa shape index (κ2) is 5.55. The van der Waals surface area contributed by atoms with Crippen LogP contribution < -0.4 is 5.32 Å². The number of hydrogen-bond donors (Lipinski definition) is 1. The standard InChI is InChI=1S/C13H9Cl2FN2O/c1-7-11(4-5-12(15)17-7)18-13(19)9-6-8(14)2-3-10(9)16/h2-6H,1H3,(H,18,19). The molecular weight excluding hydrogens is 290 g/mol. The minimum atomic E-state index is -0.638. The molecule has 0 saturated carbocycles. The number of amides is 1. The predicted octanol–water partition coefficient (Wildman–Crippen LogP) is 4.09. The average molecular weight is 299 g/mol. The Hall–Kier alpha value is -1.65. The molecule has 0 fully saturated rings. The van der Waals surface area contributed by atoms with E-state index >= 15 is 0 Å². The zero-order chi connectivity index (χ0) is 14.0. The van der Waals surface area contributed by atoms with Crippen molar-refractivity contribution in [2.75, 3.05) is 5.32 Å². The molecule has 98 valence electrons. The number of carbonyl (C=O) groups is 1. The van der Waals surface area contributed by atoms with E-state index in [0.717, 1.165) is 6.07 Å². The number of nitrogens with one attached hydrogen (secondary N) is 1. The molecule has 1 aromatic heterocycles. The molecule has 1 N–H and O–H groups in total. The molecule has 0 bridgehead atoms. The van der Waals surface area contributed by atoms with E-state index in [1.807, 2.05) is 0 Å². The van der Waals surface area contributed by atoms with Gasteiger partial charge in [0.2, 0.25) is 0 Å². The van der Waals surface area contributed by atoms with Crippen molar-refractivity contribution in [3.63, 3.8) is 0 Å². The molecule has 0 spiro atoms. The number of carbonyl (C=O) groups excluding carboxylic acids is 1. The van der Waals surface area contributed by atoms with Gasteiger partial charge in [-0.15, -0.1) is 0 Å².